The molecule has 3 rings (SSSR count). The molecule has 2 atom stereocenters. The van der Waals surface area contributed by atoms with Gasteiger partial charge in [-0.3, -0.25) is 10.1 Å². The van der Waals surface area contributed by atoms with Crippen LogP contribution in [0.5, 0.6) is 0 Å². The van der Waals surface area contributed by atoms with Crippen LogP contribution in [0.15, 0.2) is 36.5 Å². The molecule has 1 aromatic carbocycles. The molecule has 2 N–H and O–H groups in total. The van der Waals surface area contributed by atoms with E-state index in [-0.39, 0.29) is 6.54 Å². The van der Waals surface area contributed by atoms with Gasteiger partial charge in [0, 0.05) is 12.7 Å². The monoisotopic (exact) mass is 378 g/mol. The van der Waals surface area contributed by atoms with Crippen molar-refractivity contribution in [2.24, 2.45) is 0 Å². The second-order valence-corrected chi connectivity index (χ2v) is 6.70. The zero-order valence-corrected chi connectivity index (χ0v) is 15.2. The van der Waals surface area contributed by atoms with Crippen LogP contribution in [0.4, 0.5) is 14.6 Å². The lowest BCUT2D eigenvalue weighted by Crippen LogP contribution is -2.47. The first-order chi connectivity index (χ1) is 13.0. The highest BCUT2D eigenvalue weighted by molar-refractivity contribution is 5.91. The molecule has 0 saturated carbocycles. The molecule has 0 aliphatic carbocycles. The number of aromatic nitrogens is 2. The maximum absolute atomic E-state index is 13.2. The largest absolute Gasteiger partial charge is 0.376 e. The third-order valence-electron chi connectivity index (χ3n) is 4.53. The van der Waals surface area contributed by atoms with Gasteiger partial charge in [-0.15, -0.1) is 0 Å². The Morgan fingerprint density at radius 1 is 1.41 bits per heavy atom. The van der Waals surface area contributed by atoms with Gasteiger partial charge in [0.2, 0.25) is 5.91 Å². The highest BCUT2D eigenvalue weighted by Crippen LogP contribution is 2.20. The number of hydrogen-bond acceptors (Lipinski definition) is 4. The number of carbonyl (C=O) groups is 1. The van der Waals surface area contributed by atoms with E-state index in [0.717, 1.165) is 17.5 Å². The topological polar surface area (TPSA) is 68.2 Å². The molecule has 1 aromatic heterocycles. The van der Waals surface area contributed by atoms with Gasteiger partial charge in [-0.1, -0.05) is 29.8 Å². The van der Waals surface area contributed by atoms with Crippen molar-refractivity contribution >= 4 is 11.7 Å². The molecule has 1 amide bonds. The standard InChI is InChI=1S/C19H24F2N4O2/c1-13-4-2-5-14(10-13)12-25-16(7-8-23-25)24-17(26)11-22-18(19(20)21)15-6-3-9-27-15/h2,4-5,7-8,10,15,18-19,22H,3,6,9,11-12H2,1H3,(H,24,26). The van der Waals surface area contributed by atoms with E-state index in [0.29, 0.717) is 25.4 Å². The Kier molecular flexibility index (Phi) is 6.52. The number of rotatable bonds is 8. The Bertz CT molecular complexity index is 760. The average Bonchev–Trinajstić information content (AvgIpc) is 3.28. The minimum atomic E-state index is -2.59. The van der Waals surface area contributed by atoms with Gasteiger partial charge < -0.3 is 10.1 Å². The van der Waals surface area contributed by atoms with Crippen LogP contribution in [0.25, 0.3) is 0 Å². The lowest BCUT2D eigenvalue weighted by atomic mass is 10.1. The molecule has 0 radical (unpaired) electrons. The highest BCUT2D eigenvalue weighted by Gasteiger charge is 2.33. The van der Waals surface area contributed by atoms with Crippen molar-refractivity contribution in [3.8, 4) is 0 Å². The maximum Gasteiger partial charge on any atom is 0.256 e. The molecular formula is C19H24F2N4O2. The van der Waals surface area contributed by atoms with Gasteiger partial charge in [0.05, 0.1) is 31.4 Å². The van der Waals surface area contributed by atoms with Crippen molar-refractivity contribution in [3.05, 3.63) is 47.7 Å². The number of carbonyl (C=O) groups excluding carboxylic acids is 1. The summed E-state index contributed by atoms with van der Waals surface area (Å²) in [5, 5.41) is 9.58. The van der Waals surface area contributed by atoms with Crippen LogP contribution in [-0.4, -0.2) is 47.4 Å². The Morgan fingerprint density at radius 3 is 2.96 bits per heavy atom. The Hall–Kier alpha value is -2.32. The van der Waals surface area contributed by atoms with Crippen molar-refractivity contribution in [2.75, 3.05) is 18.5 Å². The Morgan fingerprint density at radius 2 is 2.26 bits per heavy atom. The maximum atomic E-state index is 13.2. The van der Waals surface area contributed by atoms with E-state index in [1.54, 1.807) is 16.9 Å². The van der Waals surface area contributed by atoms with Crippen molar-refractivity contribution in [2.45, 2.75) is 44.9 Å². The van der Waals surface area contributed by atoms with Crippen LogP contribution in [0.2, 0.25) is 0 Å². The van der Waals surface area contributed by atoms with Crippen molar-refractivity contribution in [3.63, 3.8) is 0 Å². The third kappa shape index (κ3) is 5.33. The summed E-state index contributed by atoms with van der Waals surface area (Å²) in [6.45, 7) is 2.78. The molecule has 8 heteroatoms. The van der Waals surface area contributed by atoms with Crippen LogP contribution in [0.1, 0.15) is 24.0 Å². The lowest BCUT2D eigenvalue weighted by Gasteiger charge is -2.23. The fraction of sp³-hybridized carbons (Fsp3) is 0.474. The first kappa shape index (κ1) is 19.4. The molecule has 146 valence electrons. The summed E-state index contributed by atoms with van der Waals surface area (Å²) < 4.78 is 33.4. The predicted octanol–water partition coefficient (Wildman–Crippen LogP) is 2.58. The fourth-order valence-electron chi connectivity index (χ4n) is 3.21. The number of anilines is 1. The van der Waals surface area contributed by atoms with Crippen LogP contribution in [0, 0.1) is 6.92 Å². The molecule has 27 heavy (non-hydrogen) atoms. The van der Waals surface area contributed by atoms with E-state index < -0.39 is 24.5 Å². The number of halogens is 2. The second kappa shape index (κ2) is 9.05. The van der Waals surface area contributed by atoms with Gasteiger partial charge in [-0.05, 0) is 25.3 Å². The Labute approximate surface area is 156 Å². The molecule has 1 aliphatic rings. The van der Waals surface area contributed by atoms with Crippen LogP contribution >= 0.6 is 0 Å². The summed E-state index contributed by atoms with van der Waals surface area (Å²) in [4.78, 5) is 12.2. The first-order valence-electron chi connectivity index (χ1n) is 9.03. The number of ether oxygens (including phenoxy) is 1. The molecule has 1 fully saturated rings. The van der Waals surface area contributed by atoms with Gasteiger partial charge >= 0.3 is 0 Å². The molecule has 6 nitrogen and oxygen atoms in total. The van der Waals surface area contributed by atoms with E-state index in [4.69, 9.17) is 4.74 Å². The summed E-state index contributed by atoms with van der Waals surface area (Å²) >= 11 is 0. The minimum absolute atomic E-state index is 0.218. The number of hydrogen-bond donors (Lipinski definition) is 2. The summed E-state index contributed by atoms with van der Waals surface area (Å²) in [5.74, 6) is 0.124. The average molecular weight is 378 g/mol. The van der Waals surface area contributed by atoms with Crippen molar-refractivity contribution in [1.82, 2.24) is 15.1 Å². The fourth-order valence-corrected chi connectivity index (χ4v) is 3.21. The van der Waals surface area contributed by atoms with Crippen molar-refractivity contribution in [1.29, 1.82) is 0 Å². The number of nitrogens with one attached hydrogen (secondary N) is 2. The smallest absolute Gasteiger partial charge is 0.256 e. The van der Waals surface area contributed by atoms with E-state index >= 15 is 0 Å². The van der Waals surface area contributed by atoms with Gasteiger partial charge in [0.1, 0.15) is 5.82 Å². The first-order valence-corrected chi connectivity index (χ1v) is 9.03. The number of amides is 1. The molecule has 0 spiro atoms. The molecule has 0 bridgehead atoms. The molecular weight excluding hydrogens is 354 g/mol. The zero-order valence-electron chi connectivity index (χ0n) is 15.2. The highest BCUT2D eigenvalue weighted by atomic mass is 19.3. The summed E-state index contributed by atoms with van der Waals surface area (Å²) in [6, 6.07) is 8.54. The van der Waals surface area contributed by atoms with E-state index in [1.165, 1.54) is 0 Å². The number of nitrogens with zero attached hydrogens (tertiary/aromatic N) is 2. The van der Waals surface area contributed by atoms with Crippen LogP contribution in [0.3, 0.4) is 0 Å². The summed E-state index contributed by atoms with van der Waals surface area (Å²) in [7, 11) is 0. The molecule has 2 unspecified atom stereocenters. The van der Waals surface area contributed by atoms with Gasteiger partial charge in [-0.25, -0.2) is 13.5 Å². The number of benzene rings is 1. The number of alkyl halides is 2. The SMILES string of the molecule is Cc1cccc(Cn2nccc2NC(=O)CNC(C(F)F)C2CCCO2)c1. The second-order valence-electron chi connectivity index (χ2n) is 6.70. The quantitative estimate of drug-likeness (QED) is 0.741. The van der Waals surface area contributed by atoms with Gasteiger partial charge in [0.15, 0.2) is 0 Å². The van der Waals surface area contributed by atoms with E-state index in [1.807, 2.05) is 31.2 Å². The van der Waals surface area contributed by atoms with Gasteiger partial charge in [-0.2, -0.15) is 5.10 Å². The summed E-state index contributed by atoms with van der Waals surface area (Å²) in [5.41, 5.74) is 2.20. The van der Waals surface area contributed by atoms with Crippen LogP contribution < -0.4 is 10.6 Å². The van der Waals surface area contributed by atoms with Gasteiger partial charge in [0.25, 0.3) is 6.43 Å². The van der Waals surface area contributed by atoms with Crippen molar-refractivity contribution < 1.29 is 18.3 Å². The molecule has 1 aliphatic heterocycles. The molecule has 2 heterocycles. The summed E-state index contributed by atoms with van der Waals surface area (Å²) in [6.07, 6.45) is -0.211. The Balaban J connectivity index is 1.56. The van der Waals surface area contributed by atoms with E-state index in [2.05, 4.69) is 15.7 Å². The zero-order chi connectivity index (χ0) is 19.2. The third-order valence-corrected chi connectivity index (χ3v) is 4.53. The molecule has 1 saturated heterocycles. The molecule has 2 aromatic rings. The van der Waals surface area contributed by atoms with E-state index in [9.17, 15) is 13.6 Å². The predicted molar refractivity (Wildman–Crippen MR) is 97.9 cm³/mol. The normalized spacial score (nSPS) is 18.0. The van der Waals surface area contributed by atoms with Crippen LogP contribution in [-0.2, 0) is 16.1 Å². The lowest BCUT2D eigenvalue weighted by molar-refractivity contribution is -0.116. The number of aryl methyl sites for hydroxylation is 1. The minimum Gasteiger partial charge on any atom is -0.376 e.